The highest BCUT2D eigenvalue weighted by molar-refractivity contribution is 5.40. The molecule has 1 N–H and O–H groups in total. The van der Waals surface area contributed by atoms with Crippen LogP contribution < -0.4 is 14.8 Å². The number of hydrogen-bond acceptors (Lipinski definition) is 5. The maximum atomic E-state index is 5.85. The molecule has 2 aromatic rings. The molecule has 112 valence electrons. The SMILES string of the molecule is CCCOc1ccc(CNC)c(OCc2ncccn2)c1. The summed E-state index contributed by atoms with van der Waals surface area (Å²) >= 11 is 0. The zero-order valence-corrected chi connectivity index (χ0v) is 12.5. The molecule has 0 radical (unpaired) electrons. The Balaban J connectivity index is 2.09. The third-order valence-corrected chi connectivity index (χ3v) is 2.85. The van der Waals surface area contributed by atoms with Crippen LogP contribution in [-0.2, 0) is 13.2 Å². The third kappa shape index (κ3) is 4.72. The summed E-state index contributed by atoms with van der Waals surface area (Å²) in [4.78, 5) is 8.32. The Morgan fingerprint density at radius 2 is 1.95 bits per heavy atom. The van der Waals surface area contributed by atoms with Crippen LogP contribution in [0.15, 0.2) is 36.7 Å². The van der Waals surface area contributed by atoms with Gasteiger partial charge in [-0.05, 0) is 25.6 Å². The highest BCUT2D eigenvalue weighted by Gasteiger charge is 2.07. The van der Waals surface area contributed by atoms with Crippen molar-refractivity contribution in [1.82, 2.24) is 15.3 Å². The van der Waals surface area contributed by atoms with Crippen molar-refractivity contribution in [3.63, 3.8) is 0 Å². The number of ether oxygens (including phenoxy) is 2. The monoisotopic (exact) mass is 287 g/mol. The number of nitrogens with one attached hydrogen (secondary N) is 1. The van der Waals surface area contributed by atoms with E-state index in [9.17, 15) is 0 Å². The Morgan fingerprint density at radius 3 is 2.67 bits per heavy atom. The lowest BCUT2D eigenvalue weighted by Gasteiger charge is -2.13. The summed E-state index contributed by atoms with van der Waals surface area (Å²) in [6.07, 6.45) is 4.40. The van der Waals surface area contributed by atoms with Crippen molar-refractivity contribution in [2.45, 2.75) is 26.5 Å². The normalized spacial score (nSPS) is 10.4. The molecule has 5 heteroatoms. The first-order valence-electron chi connectivity index (χ1n) is 7.12. The topological polar surface area (TPSA) is 56.3 Å². The second-order valence-corrected chi connectivity index (χ2v) is 4.60. The fourth-order valence-electron chi connectivity index (χ4n) is 1.86. The third-order valence-electron chi connectivity index (χ3n) is 2.85. The van der Waals surface area contributed by atoms with E-state index in [0.29, 0.717) is 19.0 Å². The zero-order valence-electron chi connectivity index (χ0n) is 12.5. The minimum absolute atomic E-state index is 0.342. The van der Waals surface area contributed by atoms with Gasteiger partial charge in [0.25, 0.3) is 0 Å². The maximum Gasteiger partial charge on any atom is 0.166 e. The van der Waals surface area contributed by atoms with Crippen molar-refractivity contribution in [3.05, 3.63) is 48.0 Å². The average molecular weight is 287 g/mol. The van der Waals surface area contributed by atoms with Gasteiger partial charge in [0.15, 0.2) is 5.82 Å². The maximum absolute atomic E-state index is 5.85. The zero-order chi connectivity index (χ0) is 14.9. The Labute approximate surface area is 125 Å². The van der Waals surface area contributed by atoms with Crippen LogP contribution in [0.5, 0.6) is 11.5 Å². The molecular weight excluding hydrogens is 266 g/mol. The van der Waals surface area contributed by atoms with E-state index in [1.807, 2.05) is 25.2 Å². The molecular formula is C16H21N3O2. The number of benzene rings is 1. The minimum atomic E-state index is 0.342. The molecule has 0 aliphatic rings. The molecule has 2 rings (SSSR count). The van der Waals surface area contributed by atoms with Gasteiger partial charge in [0.2, 0.25) is 0 Å². The van der Waals surface area contributed by atoms with Gasteiger partial charge in [-0.25, -0.2) is 9.97 Å². The smallest absolute Gasteiger partial charge is 0.166 e. The quantitative estimate of drug-likeness (QED) is 0.808. The molecule has 1 aromatic carbocycles. The molecule has 5 nitrogen and oxygen atoms in total. The number of hydrogen-bond donors (Lipinski definition) is 1. The fraction of sp³-hybridized carbons (Fsp3) is 0.375. The molecule has 0 aliphatic heterocycles. The molecule has 0 atom stereocenters. The van der Waals surface area contributed by atoms with Gasteiger partial charge < -0.3 is 14.8 Å². The van der Waals surface area contributed by atoms with Crippen LogP contribution in [0.1, 0.15) is 24.7 Å². The van der Waals surface area contributed by atoms with E-state index in [-0.39, 0.29) is 0 Å². The number of rotatable bonds is 8. The number of aromatic nitrogens is 2. The summed E-state index contributed by atoms with van der Waals surface area (Å²) in [7, 11) is 1.91. The Morgan fingerprint density at radius 1 is 1.14 bits per heavy atom. The first kappa shape index (κ1) is 15.3. The van der Waals surface area contributed by atoms with Crippen LogP contribution in [-0.4, -0.2) is 23.6 Å². The molecule has 0 bridgehead atoms. The van der Waals surface area contributed by atoms with Crippen molar-refractivity contribution in [2.24, 2.45) is 0 Å². The highest BCUT2D eigenvalue weighted by atomic mass is 16.5. The van der Waals surface area contributed by atoms with E-state index < -0.39 is 0 Å². The Hall–Kier alpha value is -2.14. The largest absolute Gasteiger partial charge is 0.493 e. The van der Waals surface area contributed by atoms with Gasteiger partial charge in [-0.1, -0.05) is 13.0 Å². The molecule has 1 heterocycles. The summed E-state index contributed by atoms with van der Waals surface area (Å²) in [6, 6.07) is 7.69. The lowest BCUT2D eigenvalue weighted by Crippen LogP contribution is -2.09. The van der Waals surface area contributed by atoms with Crippen LogP contribution >= 0.6 is 0 Å². The lowest BCUT2D eigenvalue weighted by atomic mass is 10.2. The summed E-state index contributed by atoms with van der Waals surface area (Å²) in [5.74, 6) is 2.28. The van der Waals surface area contributed by atoms with E-state index in [4.69, 9.17) is 9.47 Å². The van der Waals surface area contributed by atoms with Crippen molar-refractivity contribution in [1.29, 1.82) is 0 Å². The van der Waals surface area contributed by atoms with Crippen LogP contribution in [0.2, 0.25) is 0 Å². The van der Waals surface area contributed by atoms with Gasteiger partial charge in [-0.3, -0.25) is 0 Å². The van der Waals surface area contributed by atoms with Crippen molar-refractivity contribution in [2.75, 3.05) is 13.7 Å². The fourth-order valence-corrected chi connectivity index (χ4v) is 1.86. The standard InChI is InChI=1S/C16H21N3O2/c1-3-9-20-14-6-5-13(11-17-2)15(10-14)21-12-16-18-7-4-8-19-16/h4-8,10,17H,3,9,11-12H2,1-2H3. The van der Waals surface area contributed by atoms with Crippen LogP contribution in [0.4, 0.5) is 0 Å². The molecule has 0 spiro atoms. The van der Waals surface area contributed by atoms with Crippen molar-refractivity contribution in [3.8, 4) is 11.5 Å². The first-order chi connectivity index (χ1) is 10.3. The van der Waals surface area contributed by atoms with Gasteiger partial charge in [-0.2, -0.15) is 0 Å². The Kier molecular flexibility index (Phi) is 5.97. The predicted octanol–water partition coefficient (Wildman–Crippen LogP) is 2.56. The van der Waals surface area contributed by atoms with Crippen LogP contribution in [0, 0.1) is 0 Å². The van der Waals surface area contributed by atoms with Crippen molar-refractivity contribution < 1.29 is 9.47 Å². The van der Waals surface area contributed by atoms with Gasteiger partial charge in [-0.15, -0.1) is 0 Å². The van der Waals surface area contributed by atoms with Gasteiger partial charge in [0.1, 0.15) is 18.1 Å². The second kappa shape index (κ2) is 8.21. The molecule has 0 fully saturated rings. The lowest BCUT2D eigenvalue weighted by molar-refractivity contribution is 0.284. The molecule has 0 unspecified atom stereocenters. The van der Waals surface area contributed by atoms with Gasteiger partial charge in [0.05, 0.1) is 6.61 Å². The summed E-state index contributed by atoms with van der Waals surface area (Å²) in [5, 5.41) is 3.13. The van der Waals surface area contributed by atoms with Crippen LogP contribution in [0.3, 0.4) is 0 Å². The van der Waals surface area contributed by atoms with Crippen molar-refractivity contribution >= 4 is 0 Å². The molecule has 1 aromatic heterocycles. The summed E-state index contributed by atoms with van der Waals surface area (Å²) in [6.45, 7) is 3.86. The van der Waals surface area contributed by atoms with E-state index in [1.54, 1.807) is 18.5 Å². The molecule has 21 heavy (non-hydrogen) atoms. The molecule has 0 saturated heterocycles. The van der Waals surface area contributed by atoms with E-state index in [1.165, 1.54) is 0 Å². The molecule has 0 amide bonds. The number of nitrogens with zero attached hydrogens (tertiary/aromatic N) is 2. The Bertz CT molecular complexity index is 546. The van der Waals surface area contributed by atoms with Gasteiger partial charge >= 0.3 is 0 Å². The molecule has 0 saturated carbocycles. The minimum Gasteiger partial charge on any atom is -0.493 e. The first-order valence-corrected chi connectivity index (χ1v) is 7.12. The van der Waals surface area contributed by atoms with E-state index in [0.717, 1.165) is 30.0 Å². The van der Waals surface area contributed by atoms with E-state index in [2.05, 4.69) is 22.2 Å². The van der Waals surface area contributed by atoms with Crippen LogP contribution in [0.25, 0.3) is 0 Å². The summed E-state index contributed by atoms with van der Waals surface area (Å²) in [5.41, 5.74) is 1.08. The van der Waals surface area contributed by atoms with E-state index >= 15 is 0 Å². The molecule has 0 aliphatic carbocycles. The average Bonchev–Trinajstić information content (AvgIpc) is 2.53. The highest BCUT2D eigenvalue weighted by Crippen LogP contribution is 2.25. The summed E-state index contributed by atoms with van der Waals surface area (Å²) < 4.78 is 11.5. The van der Waals surface area contributed by atoms with Gasteiger partial charge in [0, 0.05) is 30.6 Å². The second-order valence-electron chi connectivity index (χ2n) is 4.60. The predicted molar refractivity (Wildman–Crippen MR) is 81.4 cm³/mol.